The van der Waals surface area contributed by atoms with Crippen molar-refractivity contribution in [1.82, 2.24) is 19.9 Å². The molecule has 2 aromatic carbocycles. The second-order valence-corrected chi connectivity index (χ2v) is 11.0. The van der Waals surface area contributed by atoms with Crippen molar-refractivity contribution in [2.75, 3.05) is 36.0 Å². The summed E-state index contributed by atoms with van der Waals surface area (Å²) in [6.45, 7) is 3.07. The van der Waals surface area contributed by atoms with E-state index >= 15 is 0 Å². The molecule has 11 heteroatoms. The Bertz CT molecular complexity index is 1520. The molecule has 0 aliphatic carbocycles. The minimum atomic E-state index is -0.219. The van der Waals surface area contributed by atoms with Crippen molar-refractivity contribution >= 4 is 35.1 Å². The third-order valence-electron chi connectivity index (χ3n) is 7.99. The fourth-order valence-electron chi connectivity index (χ4n) is 5.56. The first-order valence-electron chi connectivity index (χ1n) is 14.4. The molecule has 0 radical (unpaired) electrons. The summed E-state index contributed by atoms with van der Waals surface area (Å²) >= 11 is 5.98. The molecule has 2 amide bonds. The lowest BCUT2D eigenvalue weighted by atomic mass is 9.96. The van der Waals surface area contributed by atoms with Gasteiger partial charge < -0.3 is 21.3 Å². The van der Waals surface area contributed by atoms with Crippen molar-refractivity contribution in [3.05, 3.63) is 84.7 Å². The van der Waals surface area contributed by atoms with Crippen LogP contribution in [0.25, 0.3) is 22.3 Å². The second-order valence-electron chi connectivity index (χ2n) is 10.7. The number of benzene rings is 2. The molecule has 2 aromatic heterocycles. The highest BCUT2D eigenvalue weighted by Gasteiger charge is 2.27. The van der Waals surface area contributed by atoms with Gasteiger partial charge in [0.2, 0.25) is 17.1 Å². The molecular formula is C32H35ClN8O2. The van der Waals surface area contributed by atoms with Gasteiger partial charge in [-0.3, -0.25) is 9.59 Å². The van der Waals surface area contributed by atoms with Crippen LogP contribution in [0.5, 0.6) is 0 Å². The van der Waals surface area contributed by atoms with Crippen LogP contribution in [0.2, 0.25) is 5.28 Å². The molecule has 0 unspecified atom stereocenters. The van der Waals surface area contributed by atoms with Crippen LogP contribution in [0.3, 0.4) is 0 Å². The van der Waals surface area contributed by atoms with Crippen LogP contribution < -0.4 is 21.3 Å². The van der Waals surface area contributed by atoms with E-state index in [0.29, 0.717) is 0 Å². The molecule has 2 fully saturated rings. The first kappa shape index (κ1) is 29.9. The summed E-state index contributed by atoms with van der Waals surface area (Å²) in [7, 11) is 0. The molecule has 2 aliphatic heterocycles. The molecule has 4 aromatic rings. The highest BCUT2D eigenvalue weighted by molar-refractivity contribution is 6.28. The van der Waals surface area contributed by atoms with E-state index in [1.165, 1.54) is 0 Å². The molecule has 2 saturated heterocycles. The summed E-state index contributed by atoms with van der Waals surface area (Å²) in [5, 5.41) is 0.228. The number of nitrogens with zero attached hydrogens (tertiary/aromatic N) is 6. The summed E-state index contributed by atoms with van der Waals surface area (Å²) < 4.78 is 0. The molecule has 0 atom stereocenters. The second kappa shape index (κ2) is 14.1. The number of aromatic nitrogens is 4. The van der Waals surface area contributed by atoms with Crippen LogP contribution in [0.15, 0.2) is 79.4 Å². The molecule has 0 bridgehead atoms. The Morgan fingerprint density at radius 2 is 1.14 bits per heavy atom. The number of rotatable bonds is 6. The summed E-state index contributed by atoms with van der Waals surface area (Å²) in [6.07, 6.45) is 8.22. The van der Waals surface area contributed by atoms with E-state index < -0.39 is 0 Å². The maximum Gasteiger partial charge on any atom is 0.224 e. The van der Waals surface area contributed by atoms with Gasteiger partial charge in [-0.25, -0.2) is 15.0 Å². The fourth-order valence-corrected chi connectivity index (χ4v) is 5.69. The Labute approximate surface area is 256 Å². The Hall–Kier alpha value is -4.57. The number of halogens is 1. The van der Waals surface area contributed by atoms with Crippen molar-refractivity contribution in [2.24, 2.45) is 23.3 Å². The predicted octanol–water partition coefficient (Wildman–Crippen LogP) is 4.34. The number of piperidine rings is 2. The van der Waals surface area contributed by atoms with E-state index in [9.17, 15) is 9.59 Å². The first-order chi connectivity index (χ1) is 20.9. The molecule has 4 N–H and O–H groups in total. The van der Waals surface area contributed by atoms with Gasteiger partial charge in [0.25, 0.3) is 0 Å². The van der Waals surface area contributed by atoms with Gasteiger partial charge in [0.05, 0.1) is 0 Å². The summed E-state index contributed by atoms with van der Waals surface area (Å²) in [5.74, 6) is 1.27. The van der Waals surface area contributed by atoms with E-state index in [-0.39, 0.29) is 28.9 Å². The Balaban J connectivity index is 0.000000171. The SMILES string of the molecule is NC(=O)C1CCN(c2nc(Cl)ncc2-c2ccccc2)CC1.NC(=O)C1CCN(c2ncncc2-c2ccccc2)CC1. The van der Waals surface area contributed by atoms with Gasteiger partial charge in [-0.2, -0.15) is 4.98 Å². The van der Waals surface area contributed by atoms with Gasteiger partial charge in [-0.15, -0.1) is 0 Å². The Morgan fingerprint density at radius 3 is 1.63 bits per heavy atom. The number of carbonyl (C=O) groups is 2. The van der Waals surface area contributed by atoms with Crippen LogP contribution in [0.4, 0.5) is 11.6 Å². The van der Waals surface area contributed by atoms with Crippen LogP contribution in [-0.2, 0) is 9.59 Å². The topological polar surface area (TPSA) is 144 Å². The third kappa shape index (κ3) is 7.45. The average molecular weight is 599 g/mol. The predicted molar refractivity (Wildman–Crippen MR) is 168 cm³/mol. The largest absolute Gasteiger partial charge is 0.369 e. The molecule has 43 heavy (non-hydrogen) atoms. The quantitative estimate of drug-likeness (QED) is 0.312. The molecule has 0 saturated carbocycles. The third-order valence-corrected chi connectivity index (χ3v) is 8.18. The molecule has 6 rings (SSSR count). The zero-order valence-corrected chi connectivity index (χ0v) is 24.6. The van der Waals surface area contributed by atoms with E-state index in [0.717, 1.165) is 85.8 Å². The minimum absolute atomic E-state index is 0.0109. The fraction of sp³-hybridized carbons (Fsp3) is 0.312. The van der Waals surface area contributed by atoms with Crippen LogP contribution >= 0.6 is 11.6 Å². The summed E-state index contributed by atoms with van der Waals surface area (Å²) in [6, 6.07) is 20.1. The smallest absolute Gasteiger partial charge is 0.224 e. The number of nitrogens with two attached hydrogens (primary N) is 2. The number of primary amides is 2. The molecular weight excluding hydrogens is 564 g/mol. The molecule has 2 aliphatic rings. The van der Waals surface area contributed by atoms with Gasteiger partial charge in [0, 0.05) is 61.5 Å². The van der Waals surface area contributed by atoms with Crippen molar-refractivity contribution in [3.63, 3.8) is 0 Å². The van der Waals surface area contributed by atoms with Crippen LogP contribution in [0, 0.1) is 11.8 Å². The van der Waals surface area contributed by atoms with Crippen molar-refractivity contribution in [1.29, 1.82) is 0 Å². The molecule has 4 heterocycles. The minimum Gasteiger partial charge on any atom is -0.369 e. The van der Waals surface area contributed by atoms with Crippen molar-refractivity contribution < 1.29 is 9.59 Å². The van der Waals surface area contributed by atoms with Gasteiger partial charge >= 0.3 is 0 Å². The van der Waals surface area contributed by atoms with Crippen molar-refractivity contribution in [3.8, 4) is 22.3 Å². The summed E-state index contributed by atoms with van der Waals surface area (Å²) in [5.41, 5.74) is 14.9. The van der Waals surface area contributed by atoms with E-state index in [4.69, 9.17) is 23.1 Å². The van der Waals surface area contributed by atoms with Crippen LogP contribution in [0.1, 0.15) is 25.7 Å². The maximum absolute atomic E-state index is 11.3. The lowest BCUT2D eigenvalue weighted by Gasteiger charge is -2.32. The molecule has 222 valence electrons. The normalized spacial score (nSPS) is 15.8. The van der Waals surface area contributed by atoms with Crippen LogP contribution in [-0.4, -0.2) is 57.9 Å². The highest BCUT2D eigenvalue weighted by Crippen LogP contribution is 2.33. The standard InChI is InChI=1S/C16H17ClN4O.C16H18N4O/c17-16-19-10-13(11-4-2-1-3-5-11)15(20-16)21-8-6-12(7-9-21)14(18)22;17-15(21)13-6-8-20(9-7-13)16-14(10-18-11-19-16)12-4-2-1-3-5-12/h1-5,10,12H,6-9H2,(H2,18,22);1-5,10-11,13H,6-9H2,(H2,17,21). The lowest BCUT2D eigenvalue weighted by molar-refractivity contribution is -0.123. The zero-order valence-electron chi connectivity index (χ0n) is 23.8. The van der Waals surface area contributed by atoms with Gasteiger partial charge in [-0.05, 0) is 48.4 Å². The number of hydrogen-bond acceptors (Lipinski definition) is 8. The number of anilines is 2. The molecule has 10 nitrogen and oxygen atoms in total. The van der Waals surface area contributed by atoms with E-state index in [2.05, 4.69) is 41.9 Å². The summed E-state index contributed by atoms with van der Waals surface area (Å²) in [4.78, 5) is 44.0. The van der Waals surface area contributed by atoms with Gasteiger partial charge in [0.15, 0.2) is 0 Å². The zero-order chi connectivity index (χ0) is 30.2. The monoisotopic (exact) mass is 598 g/mol. The average Bonchev–Trinajstić information content (AvgIpc) is 3.06. The molecule has 0 spiro atoms. The number of hydrogen-bond donors (Lipinski definition) is 2. The van der Waals surface area contributed by atoms with Gasteiger partial charge in [-0.1, -0.05) is 60.7 Å². The maximum atomic E-state index is 11.3. The lowest BCUT2D eigenvalue weighted by Crippen LogP contribution is -2.39. The van der Waals surface area contributed by atoms with Gasteiger partial charge in [0.1, 0.15) is 18.0 Å². The first-order valence-corrected chi connectivity index (χ1v) is 14.8. The Kier molecular flexibility index (Phi) is 9.78. The number of carbonyl (C=O) groups excluding carboxylic acids is 2. The van der Waals surface area contributed by atoms with Crippen molar-refractivity contribution in [2.45, 2.75) is 25.7 Å². The highest BCUT2D eigenvalue weighted by atomic mass is 35.5. The Morgan fingerprint density at radius 1 is 0.674 bits per heavy atom. The van der Waals surface area contributed by atoms with E-state index in [1.807, 2.05) is 54.7 Å². The number of amides is 2. The van der Waals surface area contributed by atoms with E-state index in [1.54, 1.807) is 12.5 Å².